The lowest BCUT2D eigenvalue weighted by Crippen LogP contribution is -2.40. The van der Waals surface area contributed by atoms with Gasteiger partial charge in [-0.05, 0) is 24.6 Å². The fourth-order valence-electron chi connectivity index (χ4n) is 3.45. The van der Waals surface area contributed by atoms with E-state index in [-0.39, 0.29) is 17.1 Å². The van der Waals surface area contributed by atoms with Crippen molar-refractivity contribution in [3.63, 3.8) is 0 Å². The zero-order valence-corrected chi connectivity index (χ0v) is 13.7. The van der Waals surface area contributed by atoms with Gasteiger partial charge in [0.15, 0.2) is 5.65 Å². The number of H-pyrrole nitrogens is 1. The number of hydrogen-bond acceptors (Lipinski definition) is 4. The van der Waals surface area contributed by atoms with E-state index in [2.05, 4.69) is 29.0 Å². The number of aromatic amines is 1. The molecule has 3 heterocycles. The smallest absolute Gasteiger partial charge is 0.328 e. The lowest BCUT2D eigenvalue weighted by atomic mass is 9.81. The van der Waals surface area contributed by atoms with Gasteiger partial charge in [-0.2, -0.15) is 0 Å². The third kappa shape index (κ3) is 2.24. The number of fused-ring (bicyclic) bond motifs is 3. The Bertz CT molecular complexity index is 960. The van der Waals surface area contributed by atoms with Gasteiger partial charge >= 0.3 is 5.69 Å². The molecule has 120 valence electrons. The van der Waals surface area contributed by atoms with E-state index in [1.807, 2.05) is 16.7 Å². The zero-order chi connectivity index (χ0) is 16.2. The van der Waals surface area contributed by atoms with Crippen LogP contribution in [0.15, 0.2) is 23.0 Å². The molecule has 2 aromatic heterocycles. The van der Waals surface area contributed by atoms with Crippen LogP contribution in [0.4, 0.5) is 0 Å². The lowest BCUT2D eigenvalue weighted by molar-refractivity contribution is -0.0251. The van der Waals surface area contributed by atoms with Crippen LogP contribution < -0.4 is 5.69 Å². The molecule has 0 spiro atoms. The number of halogens is 1. The summed E-state index contributed by atoms with van der Waals surface area (Å²) in [4.78, 5) is 15.4. The van der Waals surface area contributed by atoms with Crippen LogP contribution in [-0.4, -0.2) is 33.0 Å². The maximum Gasteiger partial charge on any atom is 0.328 e. The summed E-state index contributed by atoms with van der Waals surface area (Å²) in [5, 5.41) is 9.78. The van der Waals surface area contributed by atoms with E-state index in [4.69, 9.17) is 16.3 Å². The van der Waals surface area contributed by atoms with Crippen molar-refractivity contribution in [2.24, 2.45) is 5.41 Å². The molecule has 3 aromatic rings. The number of imidazole rings is 1. The monoisotopic (exact) mass is 332 g/mol. The second-order valence-corrected chi connectivity index (χ2v) is 7.14. The molecule has 1 atom stereocenters. The van der Waals surface area contributed by atoms with Gasteiger partial charge in [0.25, 0.3) is 0 Å². The minimum absolute atomic E-state index is 0.0314. The standard InChI is InChI=1S/C16H17ClN4O2/c1-16(2)8-23-6-5-12(16)21-13-10-7-9(17)3-4-11(10)19-20-14(13)18-15(21)22/h3-4,7,12H,5-6,8H2,1-2H3,(H,18,20,22). The molecule has 1 N–H and O–H groups in total. The number of nitrogens with one attached hydrogen (secondary N) is 1. The molecule has 1 aliphatic rings. The van der Waals surface area contributed by atoms with Crippen LogP contribution in [0.2, 0.25) is 5.02 Å². The van der Waals surface area contributed by atoms with Gasteiger partial charge in [0, 0.05) is 28.5 Å². The van der Waals surface area contributed by atoms with Crippen LogP contribution in [0, 0.1) is 5.41 Å². The number of aromatic nitrogens is 4. The Morgan fingerprint density at radius 2 is 2.22 bits per heavy atom. The van der Waals surface area contributed by atoms with Crippen molar-refractivity contribution in [3.8, 4) is 0 Å². The molecule has 0 aliphatic carbocycles. The van der Waals surface area contributed by atoms with Gasteiger partial charge in [0.05, 0.1) is 12.1 Å². The second kappa shape index (κ2) is 5.04. The van der Waals surface area contributed by atoms with Crippen molar-refractivity contribution in [1.82, 2.24) is 19.7 Å². The molecule has 6 nitrogen and oxygen atoms in total. The average Bonchev–Trinajstić information content (AvgIpc) is 2.83. The van der Waals surface area contributed by atoms with Crippen LogP contribution in [-0.2, 0) is 4.74 Å². The molecule has 1 aliphatic heterocycles. The first-order valence-corrected chi connectivity index (χ1v) is 7.99. The highest BCUT2D eigenvalue weighted by molar-refractivity contribution is 6.31. The lowest BCUT2D eigenvalue weighted by Gasteiger charge is -2.38. The first kappa shape index (κ1) is 14.7. The van der Waals surface area contributed by atoms with Gasteiger partial charge in [-0.3, -0.25) is 9.55 Å². The molecule has 23 heavy (non-hydrogen) atoms. The normalized spacial score (nSPS) is 21.1. The van der Waals surface area contributed by atoms with Gasteiger partial charge < -0.3 is 4.74 Å². The van der Waals surface area contributed by atoms with Crippen LogP contribution in [0.3, 0.4) is 0 Å². The summed E-state index contributed by atoms with van der Waals surface area (Å²) in [6.07, 6.45) is 0.782. The molecule has 1 unspecified atom stereocenters. The minimum atomic E-state index is -0.165. The molecule has 4 rings (SSSR count). The summed E-state index contributed by atoms with van der Waals surface area (Å²) >= 11 is 6.15. The van der Waals surface area contributed by atoms with E-state index >= 15 is 0 Å². The molecular formula is C16H17ClN4O2. The Hall–Kier alpha value is -1.92. The van der Waals surface area contributed by atoms with E-state index in [1.165, 1.54) is 0 Å². The summed E-state index contributed by atoms with van der Waals surface area (Å²) in [6, 6.07) is 5.46. The number of nitrogens with zero attached hydrogens (tertiary/aromatic N) is 3. The summed E-state index contributed by atoms with van der Waals surface area (Å²) in [5.41, 5.74) is 1.67. The van der Waals surface area contributed by atoms with E-state index in [0.717, 1.165) is 22.8 Å². The van der Waals surface area contributed by atoms with Gasteiger partial charge in [-0.15, -0.1) is 10.2 Å². The SMILES string of the molecule is CC1(C)COCCC1n1c(=O)[nH]c2nnc3ccc(Cl)cc3c21. The van der Waals surface area contributed by atoms with Crippen molar-refractivity contribution in [2.45, 2.75) is 26.3 Å². The average molecular weight is 333 g/mol. The van der Waals surface area contributed by atoms with Crippen LogP contribution in [0.1, 0.15) is 26.3 Å². The van der Waals surface area contributed by atoms with E-state index < -0.39 is 0 Å². The van der Waals surface area contributed by atoms with E-state index in [1.54, 1.807) is 6.07 Å². The summed E-state index contributed by atoms with van der Waals surface area (Å²) in [6.45, 7) is 5.50. The van der Waals surface area contributed by atoms with Crippen molar-refractivity contribution in [3.05, 3.63) is 33.7 Å². The first-order valence-electron chi connectivity index (χ1n) is 7.61. The summed E-state index contributed by atoms with van der Waals surface area (Å²) < 4.78 is 7.41. The highest BCUT2D eigenvalue weighted by atomic mass is 35.5. The Morgan fingerprint density at radius 3 is 3.00 bits per heavy atom. The molecule has 1 aromatic carbocycles. The molecule has 1 saturated heterocycles. The third-order valence-corrected chi connectivity index (χ3v) is 4.84. The van der Waals surface area contributed by atoms with E-state index in [9.17, 15) is 4.79 Å². The second-order valence-electron chi connectivity index (χ2n) is 6.70. The number of ether oxygens (including phenoxy) is 1. The van der Waals surface area contributed by atoms with Crippen molar-refractivity contribution in [2.75, 3.05) is 13.2 Å². The summed E-state index contributed by atoms with van der Waals surface area (Å²) in [7, 11) is 0. The predicted molar refractivity (Wildman–Crippen MR) is 88.9 cm³/mol. The molecule has 0 radical (unpaired) electrons. The maximum atomic E-state index is 12.6. The topological polar surface area (TPSA) is 72.8 Å². The van der Waals surface area contributed by atoms with Crippen molar-refractivity contribution in [1.29, 1.82) is 0 Å². The molecule has 0 amide bonds. The Labute approximate surface area is 137 Å². The fourth-order valence-corrected chi connectivity index (χ4v) is 3.62. The van der Waals surface area contributed by atoms with Gasteiger partial charge in [0.2, 0.25) is 0 Å². The first-order chi connectivity index (χ1) is 11.0. The van der Waals surface area contributed by atoms with Crippen LogP contribution in [0.5, 0.6) is 0 Å². The maximum absolute atomic E-state index is 12.6. The van der Waals surface area contributed by atoms with E-state index in [0.29, 0.717) is 23.9 Å². The van der Waals surface area contributed by atoms with Crippen LogP contribution in [0.25, 0.3) is 22.1 Å². The fraction of sp³-hybridized carbons (Fsp3) is 0.438. The molecule has 7 heteroatoms. The highest BCUT2D eigenvalue weighted by Crippen LogP contribution is 2.39. The van der Waals surface area contributed by atoms with Gasteiger partial charge in [0.1, 0.15) is 5.52 Å². The predicted octanol–water partition coefficient (Wildman–Crippen LogP) is 2.91. The molecule has 0 saturated carbocycles. The summed E-state index contributed by atoms with van der Waals surface area (Å²) in [5.74, 6) is 0. The van der Waals surface area contributed by atoms with Crippen LogP contribution >= 0.6 is 11.6 Å². The Kier molecular flexibility index (Phi) is 3.21. The zero-order valence-electron chi connectivity index (χ0n) is 13.0. The largest absolute Gasteiger partial charge is 0.381 e. The quantitative estimate of drug-likeness (QED) is 0.743. The van der Waals surface area contributed by atoms with Gasteiger partial charge in [-0.25, -0.2) is 4.79 Å². The molecule has 1 fully saturated rings. The Morgan fingerprint density at radius 1 is 1.39 bits per heavy atom. The Balaban J connectivity index is 2.08. The van der Waals surface area contributed by atoms with Crippen molar-refractivity contribution < 1.29 is 4.74 Å². The highest BCUT2D eigenvalue weighted by Gasteiger charge is 2.36. The minimum Gasteiger partial charge on any atom is -0.381 e. The molecule has 0 bridgehead atoms. The molecular weight excluding hydrogens is 316 g/mol. The number of hydrogen-bond donors (Lipinski definition) is 1. The van der Waals surface area contributed by atoms with Gasteiger partial charge in [-0.1, -0.05) is 25.4 Å². The third-order valence-electron chi connectivity index (χ3n) is 4.60. The number of rotatable bonds is 1. The number of benzene rings is 1. The van der Waals surface area contributed by atoms with Crippen molar-refractivity contribution >= 4 is 33.7 Å².